The second kappa shape index (κ2) is 8.16. The summed E-state index contributed by atoms with van der Waals surface area (Å²) in [5, 5.41) is 4.09. The highest BCUT2D eigenvalue weighted by Crippen LogP contribution is 2.29. The molecule has 0 spiro atoms. The van der Waals surface area contributed by atoms with Crippen LogP contribution >= 0.6 is 0 Å². The fourth-order valence-electron chi connectivity index (χ4n) is 3.39. The molecule has 0 aliphatic rings. The van der Waals surface area contributed by atoms with Crippen molar-refractivity contribution in [3.8, 4) is 11.5 Å². The van der Waals surface area contributed by atoms with Gasteiger partial charge in [-0.3, -0.25) is 4.79 Å². The van der Waals surface area contributed by atoms with Crippen LogP contribution in [0.4, 0.5) is 0 Å². The van der Waals surface area contributed by atoms with Crippen LogP contribution in [-0.4, -0.2) is 24.2 Å². The van der Waals surface area contributed by atoms with Gasteiger partial charge in [0.25, 0.3) is 5.91 Å². The van der Waals surface area contributed by atoms with Crippen LogP contribution in [0, 0.1) is 6.92 Å². The topological polar surface area (TPSA) is 52.5 Å². The molecule has 3 rings (SSSR count). The van der Waals surface area contributed by atoms with E-state index in [0.29, 0.717) is 18.8 Å². The number of carbonyl (C=O) groups excluding carboxylic acids is 1. The van der Waals surface area contributed by atoms with Crippen molar-refractivity contribution in [2.75, 3.05) is 13.7 Å². The average Bonchev–Trinajstić information content (AvgIpc) is 2.98. The van der Waals surface area contributed by atoms with E-state index in [1.165, 1.54) is 0 Å². The fourth-order valence-corrected chi connectivity index (χ4v) is 3.39. The van der Waals surface area contributed by atoms with Crippen LogP contribution in [0.5, 0.6) is 11.5 Å². The maximum absolute atomic E-state index is 12.9. The number of nitrogens with zero attached hydrogens (tertiary/aromatic N) is 1. The SMILES string of the molecule is CCOc1ccc2c(c1)c(C)c(C(=O)NCc1ccc(OC)cc1)n2CC. The molecule has 0 bridgehead atoms. The lowest BCUT2D eigenvalue weighted by molar-refractivity contribution is 0.0941. The molecule has 1 aromatic heterocycles. The van der Waals surface area contributed by atoms with E-state index in [1.54, 1.807) is 7.11 Å². The van der Waals surface area contributed by atoms with Gasteiger partial charge in [-0.1, -0.05) is 12.1 Å². The van der Waals surface area contributed by atoms with Crippen LogP contribution in [0.3, 0.4) is 0 Å². The number of fused-ring (bicyclic) bond motifs is 1. The molecule has 27 heavy (non-hydrogen) atoms. The van der Waals surface area contributed by atoms with Crippen molar-refractivity contribution in [1.82, 2.24) is 9.88 Å². The number of carbonyl (C=O) groups is 1. The normalized spacial score (nSPS) is 10.8. The zero-order chi connectivity index (χ0) is 19.4. The minimum Gasteiger partial charge on any atom is -0.497 e. The highest BCUT2D eigenvalue weighted by Gasteiger charge is 2.19. The standard InChI is InChI=1S/C22H26N2O3/c1-5-24-20-12-11-18(27-6-2)13-19(20)15(3)21(24)22(25)23-14-16-7-9-17(26-4)10-8-16/h7-13H,5-6,14H2,1-4H3,(H,23,25). The van der Waals surface area contributed by atoms with Crippen LogP contribution < -0.4 is 14.8 Å². The molecule has 0 atom stereocenters. The predicted molar refractivity (Wildman–Crippen MR) is 108 cm³/mol. The maximum atomic E-state index is 12.9. The van der Waals surface area contributed by atoms with E-state index >= 15 is 0 Å². The molecule has 0 radical (unpaired) electrons. The Labute approximate surface area is 159 Å². The van der Waals surface area contributed by atoms with Gasteiger partial charge in [0.2, 0.25) is 0 Å². The van der Waals surface area contributed by atoms with E-state index in [9.17, 15) is 4.79 Å². The third-order valence-electron chi connectivity index (χ3n) is 4.74. The third kappa shape index (κ3) is 3.77. The first-order chi connectivity index (χ1) is 13.1. The van der Waals surface area contributed by atoms with Crippen molar-refractivity contribution in [3.05, 3.63) is 59.3 Å². The van der Waals surface area contributed by atoms with Gasteiger partial charge in [0.05, 0.1) is 13.7 Å². The lowest BCUT2D eigenvalue weighted by Gasteiger charge is -2.10. The Kier molecular flexibility index (Phi) is 5.69. The van der Waals surface area contributed by atoms with Gasteiger partial charge in [0, 0.05) is 24.0 Å². The molecule has 1 amide bonds. The number of hydrogen-bond acceptors (Lipinski definition) is 3. The molecule has 3 aromatic rings. The maximum Gasteiger partial charge on any atom is 0.268 e. The molecule has 5 nitrogen and oxygen atoms in total. The molecule has 5 heteroatoms. The summed E-state index contributed by atoms with van der Waals surface area (Å²) in [4.78, 5) is 12.9. The number of aryl methyl sites for hydroxylation is 2. The molecule has 1 N–H and O–H groups in total. The average molecular weight is 366 g/mol. The first kappa shape index (κ1) is 18.8. The second-order valence-corrected chi connectivity index (χ2v) is 6.36. The summed E-state index contributed by atoms with van der Waals surface area (Å²) in [6.45, 7) is 7.82. The molecule has 0 aliphatic heterocycles. The predicted octanol–water partition coefficient (Wildman–Crippen LogP) is 4.31. The summed E-state index contributed by atoms with van der Waals surface area (Å²) >= 11 is 0. The summed E-state index contributed by atoms with van der Waals surface area (Å²) in [6.07, 6.45) is 0. The molecule has 0 saturated heterocycles. The van der Waals surface area contributed by atoms with E-state index in [2.05, 4.69) is 16.8 Å². The molecule has 0 aliphatic carbocycles. The lowest BCUT2D eigenvalue weighted by Crippen LogP contribution is -2.26. The Bertz CT molecular complexity index is 942. The van der Waals surface area contributed by atoms with Crippen molar-refractivity contribution in [1.29, 1.82) is 0 Å². The van der Waals surface area contributed by atoms with Crippen LogP contribution in [-0.2, 0) is 13.1 Å². The molecule has 0 fully saturated rings. The van der Waals surface area contributed by atoms with Crippen LogP contribution in [0.25, 0.3) is 10.9 Å². The van der Waals surface area contributed by atoms with E-state index < -0.39 is 0 Å². The van der Waals surface area contributed by atoms with Crippen molar-refractivity contribution in [3.63, 3.8) is 0 Å². The van der Waals surface area contributed by atoms with Crippen LogP contribution in [0.1, 0.15) is 35.5 Å². The fraction of sp³-hybridized carbons (Fsp3) is 0.318. The molecule has 1 heterocycles. The zero-order valence-electron chi connectivity index (χ0n) is 16.3. The summed E-state index contributed by atoms with van der Waals surface area (Å²) in [7, 11) is 1.64. The number of benzene rings is 2. The van der Waals surface area contributed by atoms with Crippen molar-refractivity contribution in [2.24, 2.45) is 0 Å². The first-order valence-electron chi connectivity index (χ1n) is 9.25. The summed E-state index contributed by atoms with van der Waals surface area (Å²) in [6, 6.07) is 13.7. The Morgan fingerprint density at radius 1 is 1.07 bits per heavy atom. The Morgan fingerprint density at radius 3 is 2.41 bits per heavy atom. The van der Waals surface area contributed by atoms with E-state index in [4.69, 9.17) is 9.47 Å². The van der Waals surface area contributed by atoms with Gasteiger partial charge in [-0.05, 0) is 62.2 Å². The Hall–Kier alpha value is -2.95. The summed E-state index contributed by atoms with van der Waals surface area (Å²) in [5.41, 5.74) is 3.75. The number of rotatable bonds is 7. The minimum atomic E-state index is -0.0701. The van der Waals surface area contributed by atoms with Gasteiger partial charge < -0.3 is 19.4 Å². The zero-order valence-corrected chi connectivity index (χ0v) is 16.3. The molecular weight excluding hydrogens is 340 g/mol. The Morgan fingerprint density at radius 2 is 1.78 bits per heavy atom. The van der Waals surface area contributed by atoms with Gasteiger partial charge >= 0.3 is 0 Å². The third-order valence-corrected chi connectivity index (χ3v) is 4.74. The summed E-state index contributed by atoms with van der Waals surface area (Å²) < 4.78 is 12.8. The Balaban J connectivity index is 1.87. The smallest absolute Gasteiger partial charge is 0.268 e. The number of nitrogens with one attached hydrogen (secondary N) is 1. The quantitative estimate of drug-likeness (QED) is 0.678. The number of amides is 1. The molecule has 0 unspecified atom stereocenters. The summed E-state index contributed by atoms with van der Waals surface area (Å²) in [5.74, 6) is 1.56. The molecular formula is C22H26N2O3. The van der Waals surface area contributed by atoms with E-state index in [1.807, 2.05) is 56.3 Å². The van der Waals surface area contributed by atoms with Gasteiger partial charge in [0.15, 0.2) is 0 Å². The minimum absolute atomic E-state index is 0.0701. The second-order valence-electron chi connectivity index (χ2n) is 6.36. The molecule has 0 saturated carbocycles. The van der Waals surface area contributed by atoms with Crippen LogP contribution in [0.15, 0.2) is 42.5 Å². The first-order valence-corrected chi connectivity index (χ1v) is 9.25. The van der Waals surface area contributed by atoms with Crippen molar-refractivity contribution < 1.29 is 14.3 Å². The number of methoxy groups -OCH3 is 1. The van der Waals surface area contributed by atoms with Gasteiger partial charge in [0.1, 0.15) is 17.2 Å². The highest BCUT2D eigenvalue weighted by atomic mass is 16.5. The van der Waals surface area contributed by atoms with Gasteiger partial charge in [-0.15, -0.1) is 0 Å². The van der Waals surface area contributed by atoms with Gasteiger partial charge in [-0.25, -0.2) is 0 Å². The number of hydrogen-bond donors (Lipinski definition) is 1. The molecule has 2 aromatic carbocycles. The monoisotopic (exact) mass is 366 g/mol. The lowest BCUT2D eigenvalue weighted by atomic mass is 10.1. The van der Waals surface area contributed by atoms with Crippen molar-refractivity contribution >= 4 is 16.8 Å². The molecule has 142 valence electrons. The largest absolute Gasteiger partial charge is 0.497 e. The highest BCUT2D eigenvalue weighted by molar-refractivity contribution is 6.02. The van der Waals surface area contributed by atoms with Gasteiger partial charge in [-0.2, -0.15) is 0 Å². The van der Waals surface area contributed by atoms with E-state index in [-0.39, 0.29) is 5.91 Å². The number of ether oxygens (including phenoxy) is 2. The number of aromatic nitrogens is 1. The van der Waals surface area contributed by atoms with Crippen molar-refractivity contribution in [2.45, 2.75) is 33.9 Å². The van der Waals surface area contributed by atoms with E-state index in [0.717, 1.165) is 40.1 Å². The van der Waals surface area contributed by atoms with Crippen LogP contribution in [0.2, 0.25) is 0 Å².